The summed E-state index contributed by atoms with van der Waals surface area (Å²) in [5.41, 5.74) is 6.94. The third-order valence-corrected chi connectivity index (χ3v) is 3.09. The molecule has 3 rings (SSSR count). The maximum absolute atomic E-state index is 9.73. The number of aliphatic hydroxyl groups excluding tert-OH is 1. The number of ether oxygens (including phenoxy) is 1. The Hall–Kier alpha value is -1.58. The van der Waals surface area contributed by atoms with Gasteiger partial charge in [-0.2, -0.15) is 0 Å². The summed E-state index contributed by atoms with van der Waals surface area (Å²) in [5.74, 6) is 0.788. The van der Waals surface area contributed by atoms with Crippen molar-refractivity contribution in [2.45, 2.75) is 12.1 Å². The molecule has 3 N–H and O–H groups in total. The zero-order valence-electron chi connectivity index (χ0n) is 8.76. The highest BCUT2D eigenvalue weighted by Crippen LogP contribution is 2.36. The number of benzene rings is 2. The van der Waals surface area contributed by atoms with E-state index in [-0.39, 0.29) is 12.6 Å². The minimum absolute atomic E-state index is 0.270. The van der Waals surface area contributed by atoms with E-state index < -0.39 is 6.10 Å². The first-order chi connectivity index (χ1) is 7.77. The number of hydrogen-bond donors (Lipinski definition) is 2. The van der Waals surface area contributed by atoms with Crippen LogP contribution in [0.3, 0.4) is 0 Å². The van der Waals surface area contributed by atoms with Crippen LogP contribution in [0.15, 0.2) is 36.4 Å². The van der Waals surface area contributed by atoms with Crippen molar-refractivity contribution in [2.75, 3.05) is 6.61 Å². The number of nitrogens with two attached hydrogens (primary N) is 1. The Morgan fingerprint density at radius 2 is 2.00 bits per heavy atom. The lowest BCUT2D eigenvalue weighted by molar-refractivity contribution is 0.0686. The average molecular weight is 215 g/mol. The third kappa shape index (κ3) is 1.29. The van der Waals surface area contributed by atoms with E-state index in [9.17, 15) is 5.11 Å². The molecular formula is C13H13NO2. The molecule has 0 amide bonds. The molecule has 1 aliphatic heterocycles. The number of rotatable bonds is 0. The molecule has 1 aliphatic rings. The molecule has 0 aliphatic carbocycles. The summed E-state index contributed by atoms with van der Waals surface area (Å²) in [6, 6.07) is 11.6. The second-order valence-electron chi connectivity index (χ2n) is 4.10. The predicted molar refractivity (Wildman–Crippen MR) is 62.4 cm³/mol. The lowest BCUT2D eigenvalue weighted by Gasteiger charge is -2.28. The highest BCUT2D eigenvalue weighted by molar-refractivity contribution is 5.88. The van der Waals surface area contributed by atoms with Gasteiger partial charge in [0.05, 0.1) is 6.04 Å². The molecule has 3 heteroatoms. The Morgan fingerprint density at radius 1 is 1.19 bits per heavy atom. The standard InChI is InChI=1S/C13H13NO2/c14-13-10(15)7-16-11-6-5-8-3-1-2-4-9(8)12(11)13/h1-6,10,13,15H,7,14H2. The third-order valence-electron chi connectivity index (χ3n) is 3.09. The molecule has 2 aromatic carbocycles. The first-order valence-electron chi connectivity index (χ1n) is 5.35. The van der Waals surface area contributed by atoms with Crippen LogP contribution in [0.25, 0.3) is 10.8 Å². The van der Waals surface area contributed by atoms with Crippen molar-refractivity contribution in [2.24, 2.45) is 5.73 Å². The maximum Gasteiger partial charge on any atom is 0.124 e. The number of aliphatic hydroxyl groups is 1. The summed E-state index contributed by atoms with van der Waals surface area (Å²) in [6.07, 6.45) is -0.627. The molecule has 0 bridgehead atoms. The molecule has 3 nitrogen and oxygen atoms in total. The maximum atomic E-state index is 9.73. The SMILES string of the molecule is NC1c2c(ccc3ccccc23)OCC1O. The lowest BCUT2D eigenvalue weighted by Crippen LogP contribution is -2.35. The number of hydrogen-bond acceptors (Lipinski definition) is 3. The summed E-state index contributed by atoms with van der Waals surface area (Å²) < 4.78 is 5.48. The van der Waals surface area contributed by atoms with E-state index in [4.69, 9.17) is 10.5 Å². The Balaban J connectivity index is 2.32. The second-order valence-corrected chi connectivity index (χ2v) is 4.10. The van der Waals surface area contributed by atoms with E-state index in [0.29, 0.717) is 0 Å². The van der Waals surface area contributed by atoms with E-state index >= 15 is 0 Å². The lowest BCUT2D eigenvalue weighted by atomic mass is 9.93. The molecule has 0 radical (unpaired) electrons. The van der Waals surface area contributed by atoms with Gasteiger partial charge in [-0.05, 0) is 16.8 Å². The molecule has 1 heterocycles. The highest BCUT2D eigenvalue weighted by atomic mass is 16.5. The average Bonchev–Trinajstić information content (AvgIpc) is 2.33. The highest BCUT2D eigenvalue weighted by Gasteiger charge is 2.27. The van der Waals surface area contributed by atoms with Gasteiger partial charge >= 0.3 is 0 Å². The van der Waals surface area contributed by atoms with E-state index in [1.165, 1.54) is 0 Å². The second kappa shape index (κ2) is 3.47. The quantitative estimate of drug-likeness (QED) is 0.701. The van der Waals surface area contributed by atoms with Crippen molar-refractivity contribution in [1.82, 2.24) is 0 Å². The molecule has 2 aromatic rings. The van der Waals surface area contributed by atoms with Crippen LogP contribution in [0, 0.1) is 0 Å². The normalized spacial score (nSPS) is 23.9. The van der Waals surface area contributed by atoms with Gasteiger partial charge in [0.2, 0.25) is 0 Å². The minimum Gasteiger partial charge on any atom is -0.490 e. The van der Waals surface area contributed by atoms with Gasteiger partial charge in [0.15, 0.2) is 0 Å². The summed E-state index contributed by atoms with van der Waals surface area (Å²) in [6.45, 7) is 0.270. The zero-order valence-corrected chi connectivity index (χ0v) is 8.76. The van der Waals surface area contributed by atoms with Crippen molar-refractivity contribution in [3.8, 4) is 5.75 Å². The molecule has 2 unspecified atom stereocenters. The predicted octanol–water partition coefficient (Wildman–Crippen LogP) is 1.59. The molecule has 16 heavy (non-hydrogen) atoms. The van der Waals surface area contributed by atoms with Gasteiger partial charge in [0.25, 0.3) is 0 Å². The van der Waals surface area contributed by atoms with Crippen LogP contribution in [-0.4, -0.2) is 17.8 Å². The van der Waals surface area contributed by atoms with Gasteiger partial charge in [0.1, 0.15) is 18.5 Å². The van der Waals surface area contributed by atoms with Crippen LogP contribution >= 0.6 is 0 Å². The Kier molecular flexibility index (Phi) is 2.09. The zero-order chi connectivity index (χ0) is 11.1. The first-order valence-corrected chi connectivity index (χ1v) is 5.35. The summed E-state index contributed by atoms with van der Waals surface area (Å²) in [7, 11) is 0. The summed E-state index contributed by atoms with van der Waals surface area (Å²) in [5, 5.41) is 11.9. The van der Waals surface area contributed by atoms with Crippen molar-refractivity contribution >= 4 is 10.8 Å². The van der Waals surface area contributed by atoms with Crippen LogP contribution in [-0.2, 0) is 0 Å². The number of fused-ring (bicyclic) bond motifs is 3. The van der Waals surface area contributed by atoms with Gasteiger partial charge in [-0.25, -0.2) is 0 Å². The summed E-state index contributed by atoms with van der Waals surface area (Å²) in [4.78, 5) is 0. The van der Waals surface area contributed by atoms with Crippen LogP contribution < -0.4 is 10.5 Å². The van der Waals surface area contributed by atoms with Gasteiger partial charge in [-0.1, -0.05) is 30.3 Å². The van der Waals surface area contributed by atoms with Gasteiger partial charge in [0, 0.05) is 5.56 Å². The smallest absolute Gasteiger partial charge is 0.124 e. The van der Waals surface area contributed by atoms with Crippen molar-refractivity contribution in [3.05, 3.63) is 42.0 Å². The Bertz CT molecular complexity index is 538. The molecular weight excluding hydrogens is 202 g/mol. The molecule has 82 valence electrons. The van der Waals surface area contributed by atoms with Gasteiger partial charge in [-0.15, -0.1) is 0 Å². The van der Waals surface area contributed by atoms with Crippen LogP contribution in [0.2, 0.25) is 0 Å². The van der Waals surface area contributed by atoms with Crippen molar-refractivity contribution in [1.29, 1.82) is 0 Å². The van der Waals surface area contributed by atoms with E-state index in [2.05, 4.69) is 0 Å². The van der Waals surface area contributed by atoms with Crippen LogP contribution in [0.5, 0.6) is 5.75 Å². The molecule has 0 spiro atoms. The fourth-order valence-electron chi connectivity index (χ4n) is 2.22. The van der Waals surface area contributed by atoms with E-state index in [1.807, 2.05) is 36.4 Å². The summed E-state index contributed by atoms with van der Waals surface area (Å²) >= 11 is 0. The van der Waals surface area contributed by atoms with Gasteiger partial charge in [-0.3, -0.25) is 0 Å². The fraction of sp³-hybridized carbons (Fsp3) is 0.231. The minimum atomic E-state index is -0.627. The van der Waals surface area contributed by atoms with Crippen LogP contribution in [0.1, 0.15) is 11.6 Å². The molecule has 0 aromatic heterocycles. The monoisotopic (exact) mass is 215 g/mol. The Labute approximate surface area is 93.4 Å². The molecule has 2 atom stereocenters. The van der Waals surface area contributed by atoms with Crippen molar-refractivity contribution < 1.29 is 9.84 Å². The molecule has 0 fully saturated rings. The first kappa shape index (κ1) is 9.63. The largest absolute Gasteiger partial charge is 0.490 e. The van der Waals surface area contributed by atoms with E-state index in [0.717, 1.165) is 22.1 Å². The molecule has 0 saturated carbocycles. The van der Waals surface area contributed by atoms with E-state index in [1.54, 1.807) is 0 Å². The topological polar surface area (TPSA) is 55.5 Å². The molecule has 0 saturated heterocycles. The van der Waals surface area contributed by atoms with Crippen LogP contribution in [0.4, 0.5) is 0 Å². The fourth-order valence-corrected chi connectivity index (χ4v) is 2.22. The Morgan fingerprint density at radius 3 is 2.88 bits per heavy atom. The van der Waals surface area contributed by atoms with Gasteiger partial charge < -0.3 is 15.6 Å². The van der Waals surface area contributed by atoms with Crippen molar-refractivity contribution in [3.63, 3.8) is 0 Å².